The van der Waals surface area contributed by atoms with Crippen LogP contribution in [-0.2, 0) is 4.79 Å². The summed E-state index contributed by atoms with van der Waals surface area (Å²) < 4.78 is 0. The van der Waals surface area contributed by atoms with E-state index in [-0.39, 0.29) is 0 Å². The molecular formula is C18H36O2. The van der Waals surface area contributed by atoms with Crippen molar-refractivity contribution < 1.29 is 9.90 Å². The van der Waals surface area contributed by atoms with E-state index in [0.29, 0.717) is 6.42 Å². The van der Waals surface area contributed by atoms with E-state index in [1.807, 2.05) is 0 Å². The summed E-state index contributed by atoms with van der Waals surface area (Å²) in [6.45, 7) is 4.66. The highest BCUT2D eigenvalue weighted by Crippen LogP contribution is 2.18. The quantitative estimate of drug-likeness (QED) is 0.364. The minimum absolute atomic E-state index is 0.342. The van der Waals surface area contributed by atoms with E-state index in [0.717, 1.165) is 18.8 Å². The van der Waals surface area contributed by atoms with Crippen molar-refractivity contribution in [2.24, 2.45) is 5.92 Å². The summed E-state index contributed by atoms with van der Waals surface area (Å²) in [7, 11) is 0. The molecular weight excluding hydrogens is 248 g/mol. The maximum absolute atomic E-state index is 10.4. The molecule has 20 heavy (non-hydrogen) atoms. The molecule has 0 spiro atoms. The molecule has 0 aliphatic heterocycles. The lowest BCUT2D eigenvalue weighted by Crippen LogP contribution is -1.95. The molecule has 0 rings (SSSR count). The van der Waals surface area contributed by atoms with Crippen LogP contribution in [0, 0.1) is 5.92 Å². The van der Waals surface area contributed by atoms with Gasteiger partial charge >= 0.3 is 5.97 Å². The first-order valence-electron chi connectivity index (χ1n) is 8.88. The third-order valence-corrected chi connectivity index (χ3v) is 4.14. The number of carboxylic acids is 1. The van der Waals surface area contributed by atoms with Gasteiger partial charge in [-0.2, -0.15) is 0 Å². The van der Waals surface area contributed by atoms with E-state index in [9.17, 15) is 4.79 Å². The Morgan fingerprint density at radius 1 is 0.800 bits per heavy atom. The van der Waals surface area contributed by atoms with Crippen LogP contribution in [-0.4, -0.2) is 11.1 Å². The topological polar surface area (TPSA) is 37.3 Å². The third kappa shape index (κ3) is 15.5. The summed E-state index contributed by atoms with van der Waals surface area (Å²) in [6, 6.07) is 0. The first-order valence-corrected chi connectivity index (χ1v) is 8.88. The Hall–Kier alpha value is -0.530. The Balaban J connectivity index is 3.15. The highest BCUT2D eigenvalue weighted by Gasteiger charge is 2.02. The molecule has 120 valence electrons. The molecule has 0 radical (unpaired) electrons. The summed E-state index contributed by atoms with van der Waals surface area (Å²) in [5.41, 5.74) is 0. The van der Waals surface area contributed by atoms with Crippen molar-refractivity contribution in [3.63, 3.8) is 0 Å². The van der Waals surface area contributed by atoms with Crippen LogP contribution in [0.25, 0.3) is 0 Å². The molecule has 0 aromatic rings. The largest absolute Gasteiger partial charge is 0.481 e. The summed E-state index contributed by atoms with van der Waals surface area (Å²) >= 11 is 0. The minimum atomic E-state index is -0.655. The van der Waals surface area contributed by atoms with E-state index in [1.165, 1.54) is 70.6 Å². The molecule has 0 saturated carbocycles. The molecule has 0 heterocycles. The molecule has 0 fully saturated rings. The van der Waals surface area contributed by atoms with E-state index < -0.39 is 5.97 Å². The Morgan fingerprint density at radius 2 is 1.25 bits per heavy atom. The Morgan fingerprint density at radius 3 is 1.75 bits per heavy atom. The zero-order chi connectivity index (χ0) is 15.1. The van der Waals surface area contributed by atoms with Crippen LogP contribution in [0.15, 0.2) is 0 Å². The van der Waals surface area contributed by atoms with Crippen molar-refractivity contribution in [3.05, 3.63) is 0 Å². The third-order valence-electron chi connectivity index (χ3n) is 4.14. The maximum atomic E-state index is 10.4. The minimum Gasteiger partial charge on any atom is -0.481 e. The van der Waals surface area contributed by atoms with Crippen LogP contribution in [0.2, 0.25) is 0 Å². The summed E-state index contributed by atoms with van der Waals surface area (Å²) in [6.07, 6.45) is 17.2. The second kappa shape index (κ2) is 14.9. The number of carboxylic acid groups (broad SMARTS) is 1. The first-order chi connectivity index (χ1) is 9.66. The van der Waals surface area contributed by atoms with Crippen molar-refractivity contribution in [2.75, 3.05) is 0 Å². The van der Waals surface area contributed by atoms with E-state index >= 15 is 0 Å². The van der Waals surface area contributed by atoms with Gasteiger partial charge < -0.3 is 5.11 Å². The summed E-state index contributed by atoms with van der Waals surface area (Å²) in [5.74, 6) is 0.237. The highest BCUT2D eigenvalue weighted by atomic mass is 16.4. The first kappa shape index (κ1) is 19.5. The van der Waals surface area contributed by atoms with Crippen LogP contribution < -0.4 is 0 Å². The molecule has 0 aliphatic rings. The summed E-state index contributed by atoms with van der Waals surface area (Å²) in [4.78, 5) is 10.4. The Bertz CT molecular complexity index is 213. The molecule has 0 aliphatic carbocycles. The molecule has 0 saturated heterocycles. The lowest BCUT2D eigenvalue weighted by Gasteiger charge is -2.10. The molecule has 1 N–H and O–H groups in total. The number of hydrogen-bond acceptors (Lipinski definition) is 1. The zero-order valence-electron chi connectivity index (χ0n) is 13.8. The monoisotopic (exact) mass is 284 g/mol. The lowest BCUT2D eigenvalue weighted by atomic mass is 9.96. The van der Waals surface area contributed by atoms with Gasteiger partial charge in [0.25, 0.3) is 0 Å². The van der Waals surface area contributed by atoms with E-state index in [1.54, 1.807) is 0 Å². The number of carbonyl (C=O) groups is 1. The average molecular weight is 284 g/mol. The van der Waals surface area contributed by atoms with Crippen LogP contribution in [0.1, 0.15) is 104 Å². The fraction of sp³-hybridized carbons (Fsp3) is 0.944. The SMILES string of the molecule is CCCCCCC[C@H](C)CCCCCCCCC(=O)O. The van der Waals surface area contributed by atoms with Crippen molar-refractivity contribution in [1.82, 2.24) is 0 Å². The van der Waals surface area contributed by atoms with Gasteiger partial charge in [-0.3, -0.25) is 4.79 Å². The van der Waals surface area contributed by atoms with Gasteiger partial charge in [-0.05, 0) is 12.3 Å². The van der Waals surface area contributed by atoms with Crippen molar-refractivity contribution in [2.45, 2.75) is 104 Å². The van der Waals surface area contributed by atoms with Gasteiger partial charge in [0.2, 0.25) is 0 Å². The smallest absolute Gasteiger partial charge is 0.303 e. The Kier molecular flexibility index (Phi) is 14.5. The van der Waals surface area contributed by atoms with Gasteiger partial charge in [-0.1, -0.05) is 90.9 Å². The second-order valence-electron chi connectivity index (χ2n) is 6.36. The van der Waals surface area contributed by atoms with Crippen LogP contribution in [0.4, 0.5) is 0 Å². The highest BCUT2D eigenvalue weighted by molar-refractivity contribution is 5.66. The maximum Gasteiger partial charge on any atom is 0.303 e. The molecule has 0 amide bonds. The van der Waals surface area contributed by atoms with E-state index in [4.69, 9.17) is 5.11 Å². The molecule has 2 heteroatoms. The number of aliphatic carboxylic acids is 1. The van der Waals surface area contributed by atoms with Gasteiger partial charge in [0.1, 0.15) is 0 Å². The normalized spacial score (nSPS) is 12.5. The summed E-state index contributed by atoms with van der Waals surface area (Å²) in [5, 5.41) is 8.53. The molecule has 1 atom stereocenters. The predicted octanol–water partition coefficient (Wildman–Crippen LogP) is 6.19. The van der Waals surface area contributed by atoms with Crippen LogP contribution in [0.5, 0.6) is 0 Å². The Labute approximate surface area is 126 Å². The van der Waals surface area contributed by atoms with Crippen LogP contribution >= 0.6 is 0 Å². The van der Waals surface area contributed by atoms with Crippen LogP contribution in [0.3, 0.4) is 0 Å². The zero-order valence-corrected chi connectivity index (χ0v) is 13.8. The fourth-order valence-corrected chi connectivity index (χ4v) is 2.72. The molecule has 0 aromatic heterocycles. The number of unbranched alkanes of at least 4 members (excludes halogenated alkanes) is 9. The second-order valence-corrected chi connectivity index (χ2v) is 6.36. The molecule has 0 bridgehead atoms. The number of hydrogen-bond donors (Lipinski definition) is 1. The van der Waals surface area contributed by atoms with Crippen molar-refractivity contribution in [3.8, 4) is 0 Å². The molecule has 2 nitrogen and oxygen atoms in total. The van der Waals surface area contributed by atoms with Crippen molar-refractivity contribution >= 4 is 5.97 Å². The number of rotatable bonds is 15. The average Bonchev–Trinajstić information content (AvgIpc) is 2.41. The van der Waals surface area contributed by atoms with Gasteiger partial charge in [-0.15, -0.1) is 0 Å². The van der Waals surface area contributed by atoms with E-state index in [2.05, 4.69) is 13.8 Å². The standard InChI is InChI=1S/C18H36O2/c1-3-4-5-8-11-14-17(2)15-12-9-6-7-10-13-16-18(19)20/h17H,3-16H2,1-2H3,(H,19,20)/t17-/m0/s1. The van der Waals surface area contributed by atoms with Crippen molar-refractivity contribution in [1.29, 1.82) is 0 Å². The van der Waals surface area contributed by atoms with Gasteiger partial charge in [-0.25, -0.2) is 0 Å². The van der Waals surface area contributed by atoms with Gasteiger partial charge in [0, 0.05) is 6.42 Å². The van der Waals surface area contributed by atoms with Gasteiger partial charge in [0.05, 0.1) is 0 Å². The molecule has 0 aromatic carbocycles. The molecule has 0 unspecified atom stereocenters. The lowest BCUT2D eigenvalue weighted by molar-refractivity contribution is -0.137. The predicted molar refractivity (Wildman–Crippen MR) is 87.1 cm³/mol. The van der Waals surface area contributed by atoms with Gasteiger partial charge in [0.15, 0.2) is 0 Å². The fourth-order valence-electron chi connectivity index (χ4n) is 2.72.